The van der Waals surface area contributed by atoms with Gasteiger partial charge in [-0.15, -0.1) is 0 Å². The van der Waals surface area contributed by atoms with Gasteiger partial charge >= 0.3 is 0 Å². The van der Waals surface area contributed by atoms with Gasteiger partial charge in [-0.3, -0.25) is 4.79 Å². The second-order valence-electron chi connectivity index (χ2n) is 6.50. The summed E-state index contributed by atoms with van der Waals surface area (Å²) in [6, 6.07) is 5.98. The molecule has 0 saturated heterocycles. The number of hydrogen-bond donors (Lipinski definition) is 0. The van der Waals surface area contributed by atoms with Crippen LogP contribution in [0.15, 0.2) is 18.2 Å². The van der Waals surface area contributed by atoms with E-state index in [9.17, 15) is 4.79 Å². The van der Waals surface area contributed by atoms with E-state index < -0.39 is 0 Å². The van der Waals surface area contributed by atoms with Gasteiger partial charge in [0.25, 0.3) is 0 Å². The first-order valence-electron chi connectivity index (χ1n) is 6.89. The summed E-state index contributed by atoms with van der Waals surface area (Å²) in [6.45, 7) is 10.7. The van der Waals surface area contributed by atoms with Crippen molar-refractivity contribution >= 4 is 5.78 Å². The van der Waals surface area contributed by atoms with Gasteiger partial charge < -0.3 is 4.74 Å². The fourth-order valence-electron chi connectivity index (χ4n) is 1.98. The highest BCUT2D eigenvalue weighted by Crippen LogP contribution is 2.29. The minimum atomic E-state index is 0.173. The van der Waals surface area contributed by atoms with Gasteiger partial charge in [0, 0.05) is 18.4 Å². The lowest BCUT2D eigenvalue weighted by Crippen LogP contribution is -2.21. The van der Waals surface area contributed by atoms with Gasteiger partial charge in [0.15, 0.2) is 0 Å². The standard InChI is InChI=1S/C17H26O2/c1-12-7-8-16(19-6)14(9-12)11-15(18)10-13(2)17(3,4)5/h7-9,13H,10-11H2,1-6H3. The van der Waals surface area contributed by atoms with Crippen molar-refractivity contribution in [1.82, 2.24) is 0 Å². The van der Waals surface area contributed by atoms with Crippen LogP contribution in [0, 0.1) is 18.3 Å². The van der Waals surface area contributed by atoms with Crippen LogP contribution in [0.1, 0.15) is 45.2 Å². The largest absolute Gasteiger partial charge is 0.496 e. The molecule has 0 amide bonds. The molecular weight excluding hydrogens is 236 g/mol. The zero-order valence-electron chi connectivity index (χ0n) is 13.0. The fourth-order valence-corrected chi connectivity index (χ4v) is 1.98. The molecule has 1 unspecified atom stereocenters. The normalized spacial score (nSPS) is 13.2. The molecule has 0 fully saturated rings. The maximum Gasteiger partial charge on any atom is 0.137 e. The number of rotatable bonds is 5. The Morgan fingerprint density at radius 1 is 1.32 bits per heavy atom. The highest BCUT2D eigenvalue weighted by molar-refractivity contribution is 5.81. The summed E-state index contributed by atoms with van der Waals surface area (Å²) in [5.74, 6) is 1.48. The van der Waals surface area contributed by atoms with E-state index in [2.05, 4.69) is 27.7 Å². The Morgan fingerprint density at radius 2 is 1.95 bits per heavy atom. The highest BCUT2D eigenvalue weighted by atomic mass is 16.5. The monoisotopic (exact) mass is 262 g/mol. The Hall–Kier alpha value is -1.31. The number of benzene rings is 1. The molecule has 2 heteroatoms. The van der Waals surface area contributed by atoms with E-state index in [4.69, 9.17) is 4.74 Å². The van der Waals surface area contributed by atoms with E-state index in [0.717, 1.165) is 16.9 Å². The number of ketones is 1. The molecule has 0 spiro atoms. The van der Waals surface area contributed by atoms with Gasteiger partial charge in [0.1, 0.15) is 11.5 Å². The zero-order chi connectivity index (χ0) is 14.6. The molecule has 0 aliphatic carbocycles. The van der Waals surface area contributed by atoms with Crippen molar-refractivity contribution in [3.8, 4) is 5.75 Å². The van der Waals surface area contributed by atoms with Crippen LogP contribution in [0.3, 0.4) is 0 Å². The van der Waals surface area contributed by atoms with Gasteiger partial charge in [-0.25, -0.2) is 0 Å². The molecule has 1 aromatic rings. The number of carbonyl (C=O) groups excluding carboxylic acids is 1. The second-order valence-corrected chi connectivity index (χ2v) is 6.50. The van der Waals surface area contributed by atoms with Gasteiger partial charge in [-0.1, -0.05) is 45.4 Å². The maximum absolute atomic E-state index is 12.2. The number of aryl methyl sites for hydroxylation is 1. The second kappa shape index (κ2) is 6.23. The van der Waals surface area contributed by atoms with Crippen LogP contribution in [0.5, 0.6) is 5.75 Å². The average Bonchev–Trinajstić information content (AvgIpc) is 2.27. The molecule has 2 nitrogen and oxygen atoms in total. The van der Waals surface area contributed by atoms with E-state index >= 15 is 0 Å². The summed E-state index contributed by atoms with van der Waals surface area (Å²) in [7, 11) is 1.65. The van der Waals surface area contributed by atoms with Gasteiger partial charge in [-0.05, 0) is 24.3 Å². The summed E-state index contributed by atoms with van der Waals surface area (Å²) in [4.78, 5) is 12.2. The highest BCUT2D eigenvalue weighted by Gasteiger charge is 2.23. The Kier molecular flexibility index (Phi) is 5.16. The van der Waals surface area contributed by atoms with E-state index in [0.29, 0.717) is 18.8 Å². The molecule has 1 aromatic carbocycles. The molecule has 106 valence electrons. The van der Waals surface area contributed by atoms with Crippen molar-refractivity contribution in [3.05, 3.63) is 29.3 Å². The third-order valence-electron chi connectivity index (χ3n) is 3.84. The molecular formula is C17H26O2. The third kappa shape index (κ3) is 4.70. The van der Waals surface area contributed by atoms with E-state index in [1.54, 1.807) is 7.11 Å². The maximum atomic E-state index is 12.2. The fraction of sp³-hybridized carbons (Fsp3) is 0.588. The number of ether oxygens (including phenoxy) is 1. The zero-order valence-corrected chi connectivity index (χ0v) is 13.0. The molecule has 0 heterocycles. The molecule has 1 atom stereocenters. The minimum Gasteiger partial charge on any atom is -0.496 e. The number of methoxy groups -OCH3 is 1. The van der Waals surface area contributed by atoms with Gasteiger partial charge in [-0.2, -0.15) is 0 Å². The summed E-state index contributed by atoms with van der Waals surface area (Å²) in [6.07, 6.45) is 1.09. The predicted octanol–water partition coefficient (Wildman–Crippen LogP) is 4.19. The summed E-state index contributed by atoms with van der Waals surface area (Å²) in [5.41, 5.74) is 2.33. The molecule has 0 saturated carbocycles. The van der Waals surface area contributed by atoms with Crippen LogP contribution in [0.2, 0.25) is 0 Å². The van der Waals surface area contributed by atoms with Crippen LogP contribution in [0.25, 0.3) is 0 Å². The molecule has 0 N–H and O–H groups in total. The molecule has 0 aliphatic rings. The first kappa shape index (κ1) is 15.7. The molecule has 0 radical (unpaired) electrons. The lowest BCUT2D eigenvalue weighted by molar-refractivity contribution is -0.120. The Bertz CT molecular complexity index is 441. The van der Waals surface area contributed by atoms with Crippen molar-refractivity contribution in [1.29, 1.82) is 0 Å². The van der Waals surface area contributed by atoms with Crippen LogP contribution in [-0.4, -0.2) is 12.9 Å². The summed E-state index contributed by atoms with van der Waals surface area (Å²) >= 11 is 0. The van der Waals surface area contributed by atoms with Crippen molar-refractivity contribution in [3.63, 3.8) is 0 Å². The number of hydrogen-bond acceptors (Lipinski definition) is 2. The van der Waals surface area contributed by atoms with Crippen LogP contribution in [-0.2, 0) is 11.2 Å². The van der Waals surface area contributed by atoms with Gasteiger partial charge in [0.05, 0.1) is 7.11 Å². The van der Waals surface area contributed by atoms with E-state index in [1.165, 1.54) is 0 Å². The summed E-state index contributed by atoms with van der Waals surface area (Å²) in [5, 5.41) is 0. The van der Waals surface area contributed by atoms with Crippen LogP contribution in [0.4, 0.5) is 0 Å². The first-order chi connectivity index (χ1) is 8.74. The quantitative estimate of drug-likeness (QED) is 0.795. The van der Waals surface area contributed by atoms with Crippen molar-refractivity contribution in [2.45, 2.75) is 47.5 Å². The third-order valence-corrected chi connectivity index (χ3v) is 3.84. The SMILES string of the molecule is COc1ccc(C)cc1CC(=O)CC(C)C(C)(C)C. The topological polar surface area (TPSA) is 26.3 Å². The first-order valence-corrected chi connectivity index (χ1v) is 6.89. The van der Waals surface area contributed by atoms with E-state index in [1.807, 2.05) is 25.1 Å². The van der Waals surface area contributed by atoms with Crippen LogP contribution < -0.4 is 4.74 Å². The van der Waals surface area contributed by atoms with Crippen LogP contribution >= 0.6 is 0 Å². The number of carbonyl (C=O) groups is 1. The smallest absolute Gasteiger partial charge is 0.137 e. The molecule has 0 bridgehead atoms. The Balaban J connectivity index is 2.75. The summed E-state index contributed by atoms with van der Waals surface area (Å²) < 4.78 is 5.32. The molecule has 0 aliphatic heterocycles. The minimum absolute atomic E-state index is 0.173. The van der Waals surface area contributed by atoms with Crippen molar-refractivity contribution in [2.75, 3.05) is 7.11 Å². The molecule has 19 heavy (non-hydrogen) atoms. The van der Waals surface area contributed by atoms with Crippen molar-refractivity contribution < 1.29 is 9.53 Å². The Labute approximate surface area is 117 Å². The van der Waals surface area contributed by atoms with Gasteiger partial charge in [0.2, 0.25) is 0 Å². The molecule has 0 aromatic heterocycles. The lowest BCUT2D eigenvalue weighted by Gasteiger charge is -2.26. The van der Waals surface area contributed by atoms with E-state index in [-0.39, 0.29) is 11.2 Å². The average molecular weight is 262 g/mol. The van der Waals surface area contributed by atoms with Crippen molar-refractivity contribution in [2.24, 2.45) is 11.3 Å². The Morgan fingerprint density at radius 3 is 2.47 bits per heavy atom. The predicted molar refractivity (Wildman–Crippen MR) is 79.7 cm³/mol. The number of Topliss-reactive ketones (excluding diaryl/α,β-unsaturated/α-hetero) is 1. The lowest BCUT2D eigenvalue weighted by atomic mass is 9.78. The molecule has 1 rings (SSSR count).